The molecular weight excluding hydrogens is 284 g/mol. The summed E-state index contributed by atoms with van der Waals surface area (Å²) in [7, 11) is 0. The maximum absolute atomic E-state index is 11.4. The smallest absolute Gasteiger partial charge is 0.258 e. The van der Waals surface area contributed by atoms with Gasteiger partial charge in [0.05, 0.1) is 15.1 Å². The minimum Gasteiger partial charge on any atom is -0.258 e. The Balaban J connectivity index is 2.71. The van der Waals surface area contributed by atoms with Crippen LogP contribution in [0.5, 0.6) is 0 Å². The molecule has 0 fully saturated rings. The summed E-state index contributed by atoms with van der Waals surface area (Å²) in [6.07, 6.45) is 0. The molecule has 0 bridgehead atoms. The van der Waals surface area contributed by atoms with Crippen LogP contribution in [0.2, 0.25) is 0 Å². The van der Waals surface area contributed by atoms with E-state index in [1.807, 2.05) is 32.9 Å². The molecule has 0 saturated heterocycles. The molecule has 1 aromatic carbocycles. The van der Waals surface area contributed by atoms with E-state index >= 15 is 0 Å². The van der Waals surface area contributed by atoms with Gasteiger partial charge in [-0.15, -0.1) is 22.9 Å². The lowest BCUT2D eigenvalue weighted by atomic mass is 9.85. The molecule has 2 rings (SSSR count). The zero-order chi connectivity index (χ0) is 14.2. The van der Waals surface area contributed by atoms with Crippen molar-refractivity contribution in [1.82, 2.24) is 4.98 Å². The van der Waals surface area contributed by atoms with Crippen LogP contribution in [0.3, 0.4) is 0 Å². The van der Waals surface area contributed by atoms with E-state index in [1.165, 1.54) is 11.3 Å². The van der Waals surface area contributed by atoms with Gasteiger partial charge in [-0.2, -0.15) is 0 Å². The normalized spacial score (nSPS) is 14.8. The van der Waals surface area contributed by atoms with E-state index in [-0.39, 0.29) is 27.8 Å². The van der Waals surface area contributed by atoms with Crippen LogP contribution >= 0.6 is 22.9 Å². The van der Waals surface area contributed by atoms with Gasteiger partial charge in [-0.25, -0.2) is 4.98 Å². The molecule has 6 heteroatoms. The van der Waals surface area contributed by atoms with Crippen LogP contribution in [-0.4, -0.2) is 15.3 Å². The molecule has 0 aliphatic rings. The van der Waals surface area contributed by atoms with Gasteiger partial charge in [-0.3, -0.25) is 10.1 Å². The van der Waals surface area contributed by atoms with Gasteiger partial charge in [0, 0.05) is 16.9 Å². The lowest BCUT2D eigenvalue weighted by Crippen LogP contribution is -2.17. The maximum atomic E-state index is 11.4. The molecular formula is C13H15ClN2O2S. The van der Waals surface area contributed by atoms with Crippen molar-refractivity contribution in [3.63, 3.8) is 0 Å². The van der Waals surface area contributed by atoms with Gasteiger partial charge >= 0.3 is 0 Å². The van der Waals surface area contributed by atoms with E-state index in [2.05, 4.69) is 4.98 Å². The van der Waals surface area contributed by atoms with E-state index in [1.54, 1.807) is 5.51 Å². The summed E-state index contributed by atoms with van der Waals surface area (Å²) in [6, 6.07) is 3.71. The molecule has 0 radical (unpaired) electrons. The quantitative estimate of drug-likeness (QED) is 0.472. The number of alkyl halides is 1. The molecule has 4 nitrogen and oxygen atoms in total. The van der Waals surface area contributed by atoms with Crippen molar-refractivity contribution in [3.05, 3.63) is 33.3 Å². The second kappa shape index (κ2) is 5.43. The van der Waals surface area contributed by atoms with Crippen LogP contribution in [0.1, 0.15) is 32.3 Å². The van der Waals surface area contributed by atoms with Crippen LogP contribution < -0.4 is 0 Å². The topological polar surface area (TPSA) is 56.0 Å². The highest BCUT2D eigenvalue weighted by Gasteiger charge is 2.30. The first-order valence-electron chi connectivity index (χ1n) is 6.08. The van der Waals surface area contributed by atoms with Gasteiger partial charge in [0.25, 0.3) is 5.69 Å². The molecule has 102 valence electrons. The molecule has 1 aromatic heterocycles. The van der Waals surface area contributed by atoms with Crippen molar-refractivity contribution in [2.24, 2.45) is 5.92 Å². The van der Waals surface area contributed by atoms with Crippen molar-refractivity contribution in [2.75, 3.05) is 0 Å². The Labute approximate surface area is 120 Å². The number of benzene rings is 1. The third kappa shape index (κ3) is 2.58. The molecule has 1 heterocycles. The van der Waals surface area contributed by atoms with Crippen molar-refractivity contribution in [1.29, 1.82) is 0 Å². The molecule has 2 unspecified atom stereocenters. The first-order chi connectivity index (χ1) is 8.93. The summed E-state index contributed by atoms with van der Waals surface area (Å²) in [5.74, 6) is 0.162. The number of rotatable bonds is 4. The zero-order valence-electron chi connectivity index (χ0n) is 11.0. The minimum atomic E-state index is -0.341. The van der Waals surface area contributed by atoms with Crippen LogP contribution in [-0.2, 0) is 0 Å². The molecule has 2 aromatic rings. The van der Waals surface area contributed by atoms with Gasteiger partial charge in [-0.05, 0) is 18.9 Å². The lowest BCUT2D eigenvalue weighted by molar-refractivity contribution is -0.384. The van der Waals surface area contributed by atoms with E-state index in [9.17, 15) is 10.1 Å². The van der Waals surface area contributed by atoms with Crippen LogP contribution in [0.25, 0.3) is 10.2 Å². The van der Waals surface area contributed by atoms with Gasteiger partial charge in [0.1, 0.15) is 0 Å². The Morgan fingerprint density at radius 3 is 2.58 bits per heavy atom. The highest BCUT2D eigenvalue weighted by atomic mass is 35.5. The standard InChI is InChI=1S/C13H15ClN2O2S/c1-7(2)11(8(3)14)9-4-5-10-12(15-6-19-10)13(9)16(17)18/h4-8,11H,1-3H3. The second-order valence-electron chi connectivity index (χ2n) is 4.91. The van der Waals surface area contributed by atoms with E-state index < -0.39 is 0 Å². The van der Waals surface area contributed by atoms with E-state index in [4.69, 9.17) is 11.6 Å². The Morgan fingerprint density at radius 2 is 2.05 bits per heavy atom. The first kappa shape index (κ1) is 14.2. The molecule has 0 amide bonds. The van der Waals surface area contributed by atoms with Crippen molar-refractivity contribution in [2.45, 2.75) is 32.1 Å². The number of fused-ring (bicyclic) bond motifs is 1. The highest BCUT2D eigenvalue weighted by Crippen LogP contribution is 2.40. The zero-order valence-corrected chi connectivity index (χ0v) is 12.5. The molecule has 0 aliphatic heterocycles. The Kier molecular flexibility index (Phi) is 4.06. The molecule has 0 saturated carbocycles. The number of nitrogens with zero attached hydrogens (tertiary/aromatic N) is 2. The predicted molar refractivity (Wildman–Crippen MR) is 79.2 cm³/mol. The maximum Gasteiger partial charge on any atom is 0.299 e. The third-order valence-electron chi connectivity index (χ3n) is 3.26. The summed E-state index contributed by atoms with van der Waals surface area (Å²) < 4.78 is 0.834. The number of thiazole rings is 1. The summed E-state index contributed by atoms with van der Waals surface area (Å²) in [4.78, 5) is 15.2. The Bertz CT molecular complexity index is 602. The Hall–Kier alpha value is -1.20. The fourth-order valence-electron chi connectivity index (χ4n) is 2.53. The monoisotopic (exact) mass is 298 g/mol. The highest BCUT2D eigenvalue weighted by molar-refractivity contribution is 7.16. The summed E-state index contributed by atoms with van der Waals surface area (Å²) in [5, 5.41) is 11.2. The van der Waals surface area contributed by atoms with Crippen molar-refractivity contribution >= 4 is 38.8 Å². The predicted octanol–water partition coefficient (Wildman–Crippen LogP) is 4.57. The van der Waals surface area contributed by atoms with Crippen LogP contribution in [0.15, 0.2) is 17.6 Å². The summed E-state index contributed by atoms with van der Waals surface area (Å²) in [5.41, 5.74) is 2.89. The average molecular weight is 299 g/mol. The van der Waals surface area contributed by atoms with E-state index in [0.717, 1.165) is 4.70 Å². The largest absolute Gasteiger partial charge is 0.299 e. The first-order valence-corrected chi connectivity index (χ1v) is 7.39. The van der Waals surface area contributed by atoms with Crippen molar-refractivity contribution in [3.8, 4) is 0 Å². The average Bonchev–Trinajstić information content (AvgIpc) is 2.74. The van der Waals surface area contributed by atoms with Crippen LogP contribution in [0, 0.1) is 16.0 Å². The number of nitro groups is 1. The van der Waals surface area contributed by atoms with Gasteiger partial charge < -0.3 is 0 Å². The third-order valence-corrected chi connectivity index (χ3v) is 4.33. The van der Waals surface area contributed by atoms with Gasteiger partial charge in [-0.1, -0.05) is 19.9 Å². The van der Waals surface area contributed by atoms with Crippen LogP contribution in [0.4, 0.5) is 5.69 Å². The molecule has 0 N–H and O–H groups in total. The Morgan fingerprint density at radius 1 is 1.37 bits per heavy atom. The molecule has 0 aliphatic carbocycles. The molecule has 0 spiro atoms. The fraction of sp³-hybridized carbons (Fsp3) is 0.462. The van der Waals surface area contributed by atoms with Gasteiger partial charge in [0.15, 0.2) is 5.52 Å². The number of halogens is 1. The molecule has 2 atom stereocenters. The number of nitro benzene ring substituents is 1. The summed E-state index contributed by atoms with van der Waals surface area (Å²) in [6.45, 7) is 5.93. The van der Waals surface area contributed by atoms with Gasteiger partial charge in [0.2, 0.25) is 0 Å². The SMILES string of the molecule is CC(C)C(c1ccc2scnc2c1[N+](=O)[O-])C(C)Cl. The minimum absolute atomic E-state index is 0.0619. The second-order valence-corrected chi connectivity index (χ2v) is 6.48. The lowest BCUT2D eigenvalue weighted by Gasteiger charge is -2.23. The number of hydrogen-bond acceptors (Lipinski definition) is 4. The van der Waals surface area contributed by atoms with E-state index in [0.29, 0.717) is 11.1 Å². The number of aromatic nitrogens is 1. The summed E-state index contributed by atoms with van der Waals surface area (Å²) >= 11 is 7.64. The van der Waals surface area contributed by atoms with Crippen molar-refractivity contribution < 1.29 is 4.92 Å². The molecule has 19 heavy (non-hydrogen) atoms. The fourth-order valence-corrected chi connectivity index (χ4v) is 3.64. The number of hydrogen-bond donors (Lipinski definition) is 0.